The highest BCUT2D eigenvalue weighted by atomic mass is 32.3. The number of hydrogen-bond donors (Lipinski definition) is 2. The maximum atomic E-state index is 9.33. The van der Waals surface area contributed by atoms with Gasteiger partial charge in [0.05, 0.1) is 18.1 Å². The van der Waals surface area contributed by atoms with Crippen molar-refractivity contribution in [2.75, 3.05) is 7.11 Å². The van der Waals surface area contributed by atoms with Gasteiger partial charge >= 0.3 is 10.4 Å². The first kappa shape index (κ1) is 14.6. The molecule has 0 saturated heterocycles. The number of fused-ring (bicyclic) bond motifs is 1. The van der Waals surface area contributed by atoms with Crippen molar-refractivity contribution in [2.24, 2.45) is 0 Å². The zero-order valence-electron chi connectivity index (χ0n) is 10.7. The number of H-pyrrole nitrogens is 1. The second-order valence-electron chi connectivity index (χ2n) is 3.82. The number of benzene rings is 1. The summed E-state index contributed by atoms with van der Waals surface area (Å²) in [6, 6.07) is 4.20. The zero-order valence-corrected chi connectivity index (χ0v) is 11.5. The van der Waals surface area contributed by atoms with E-state index >= 15 is 0 Å². The number of hydrogen-bond acceptors (Lipinski definition) is 4. The van der Waals surface area contributed by atoms with Crippen molar-refractivity contribution < 1.29 is 17.2 Å². The van der Waals surface area contributed by atoms with E-state index in [1.165, 1.54) is 11.1 Å². The molecule has 0 amide bonds. The molecular formula is C11H16N2O4S. The molecule has 0 fully saturated rings. The average Bonchev–Trinajstić information content (AvgIpc) is 2.65. The van der Waals surface area contributed by atoms with Gasteiger partial charge in [0.25, 0.3) is 0 Å². The molecule has 0 aliphatic rings. The van der Waals surface area contributed by atoms with Crippen LogP contribution in [0.5, 0.6) is 0 Å². The van der Waals surface area contributed by atoms with Gasteiger partial charge in [-0.1, -0.05) is 6.07 Å². The van der Waals surface area contributed by atoms with E-state index in [9.17, 15) is 8.42 Å². The van der Waals surface area contributed by atoms with Gasteiger partial charge in [-0.25, -0.2) is 4.98 Å². The van der Waals surface area contributed by atoms with E-state index in [2.05, 4.69) is 40.1 Å². The summed E-state index contributed by atoms with van der Waals surface area (Å²) >= 11 is 0. The van der Waals surface area contributed by atoms with Crippen molar-refractivity contribution in [1.29, 1.82) is 0 Å². The molecule has 0 atom stereocenters. The normalized spacial score (nSPS) is 11.2. The smallest absolute Gasteiger partial charge is 0.342 e. The lowest BCUT2D eigenvalue weighted by Gasteiger charge is -1.98. The maximum Gasteiger partial charge on any atom is 0.397 e. The minimum atomic E-state index is -4.16. The second kappa shape index (κ2) is 5.47. The predicted octanol–water partition coefficient (Wildman–Crippen LogP) is 1.92. The highest BCUT2D eigenvalue weighted by Crippen LogP contribution is 2.18. The molecule has 0 radical (unpaired) electrons. The molecule has 1 aromatic carbocycles. The Bertz CT molecular complexity index is 646. The van der Waals surface area contributed by atoms with Crippen LogP contribution in [0.25, 0.3) is 11.0 Å². The monoisotopic (exact) mass is 272 g/mol. The van der Waals surface area contributed by atoms with E-state index in [1.54, 1.807) is 0 Å². The van der Waals surface area contributed by atoms with E-state index < -0.39 is 10.4 Å². The third-order valence-corrected chi connectivity index (χ3v) is 2.93. The number of nitrogens with one attached hydrogen (secondary N) is 1. The molecule has 18 heavy (non-hydrogen) atoms. The van der Waals surface area contributed by atoms with E-state index in [0.717, 1.165) is 24.0 Å². The van der Waals surface area contributed by atoms with Gasteiger partial charge in [0.1, 0.15) is 5.82 Å². The molecule has 0 aliphatic carbocycles. The van der Waals surface area contributed by atoms with Crippen molar-refractivity contribution >= 4 is 21.4 Å². The molecule has 1 heterocycles. The van der Waals surface area contributed by atoms with Crippen molar-refractivity contribution in [3.05, 3.63) is 29.1 Å². The number of rotatable bonds is 1. The minimum Gasteiger partial charge on any atom is -0.342 e. The summed E-state index contributed by atoms with van der Waals surface area (Å²) in [5.41, 5.74) is 4.81. The Morgan fingerprint density at radius 1 is 1.28 bits per heavy atom. The maximum absolute atomic E-state index is 9.33. The first-order chi connectivity index (χ1) is 8.24. The summed E-state index contributed by atoms with van der Waals surface area (Å²) in [6.07, 6.45) is 0. The standard InChI is InChI=1S/C10H12N2.CH4O4S/c1-6-4-5-9-10(7(6)2)12-8(3)11-9;1-5-6(2,3)4/h4-5H,1-3H3,(H,11,12);1H3,(H,2,3,4). The molecule has 2 aromatic rings. The lowest BCUT2D eigenvalue weighted by atomic mass is 10.1. The summed E-state index contributed by atoms with van der Waals surface area (Å²) in [6.45, 7) is 6.20. The molecule has 0 unspecified atom stereocenters. The largest absolute Gasteiger partial charge is 0.397 e. The third-order valence-electron chi connectivity index (χ3n) is 2.51. The van der Waals surface area contributed by atoms with Crippen LogP contribution >= 0.6 is 0 Å². The Morgan fingerprint density at radius 2 is 1.83 bits per heavy atom. The zero-order chi connectivity index (χ0) is 13.9. The number of aromatic nitrogens is 2. The lowest BCUT2D eigenvalue weighted by Crippen LogP contribution is -1.96. The number of aryl methyl sites for hydroxylation is 3. The Balaban J connectivity index is 0.000000232. The third kappa shape index (κ3) is 3.80. The van der Waals surface area contributed by atoms with Gasteiger partial charge in [-0.3, -0.25) is 8.74 Å². The number of aromatic amines is 1. The van der Waals surface area contributed by atoms with Crippen LogP contribution in [0.2, 0.25) is 0 Å². The predicted molar refractivity (Wildman–Crippen MR) is 68.9 cm³/mol. The van der Waals surface area contributed by atoms with Crippen molar-refractivity contribution in [1.82, 2.24) is 9.97 Å². The van der Waals surface area contributed by atoms with E-state index in [0.29, 0.717) is 0 Å². The van der Waals surface area contributed by atoms with Crippen molar-refractivity contribution in [2.45, 2.75) is 20.8 Å². The molecule has 0 bridgehead atoms. The molecule has 0 aliphatic heterocycles. The van der Waals surface area contributed by atoms with E-state index in [4.69, 9.17) is 4.55 Å². The topological polar surface area (TPSA) is 92.3 Å². The SMILES string of the molecule is COS(=O)(=O)O.Cc1nc2c(C)c(C)ccc2[nH]1. The van der Waals surface area contributed by atoms with Crippen LogP contribution in [0.4, 0.5) is 0 Å². The summed E-state index contributed by atoms with van der Waals surface area (Å²) in [4.78, 5) is 7.63. The molecular weight excluding hydrogens is 256 g/mol. The fourth-order valence-electron chi connectivity index (χ4n) is 1.44. The Morgan fingerprint density at radius 3 is 2.33 bits per heavy atom. The van der Waals surface area contributed by atoms with Crippen LogP contribution in [-0.2, 0) is 14.6 Å². The molecule has 7 heteroatoms. The highest BCUT2D eigenvalue weighted by molar-refractivity contribution is 7.80. The molecule has 100 valence electrons. The highest BCUT2D eigenvalue weighted by Gasteiger charge is 2.03. The van der Waals surface area contributed by atoms with Gasteiger partial charge in [-0.15, -0.1) is 0 Å². The molecule has 1 aromatic heterocycles. The fraction of sp³-hybridized carbons (Fsp3) is 0.364. The van der Waals surface area contributed by atoms with Crippen LogP contribution in [0, 0.1) is 20.8 Å². The first-order valence-electron chi connectivity index (χ1n) is 5.20. The molecule has 0 saturated carbocycles. The van der Waals surface area contributed by atoms with Crippen LogP contribution in [0.3, 0.4) is 0 Å². The summed E-state index contributed by atoms with van der Waals surface area (Å²) < 4.78 is 29.7. The van der Waals surface area contributed by atoms with Gasteiger partial charge in [0.2, 0.25) is 0 Å². The Hall–Kier alpha value is -1.44. The van der Waals surface area contributed by atoms with E-state index in [-0.39, 0.29) is 0 Å². The quantitative estimate of drug-likeness (QED) is 0.774. The van der Waals surface area contributed by atoms with Gasteiger partial charge in [0, 0.05) is 0 Å². The van der Waals surface area contributed by atoms with Crippen LogP contribution in [0.15, 0.2) is 12.1 Å². The summed E-state index contributed by atoms with van der Waals surface area (Å²) in [7, 11) is -3.29. The number of imidazole rings is 1. The van der Waals surface area contributed by atoms with Gasteiger partial charge in [-0.05, 0) is 38.0 Å². The number of nitrogens with zero attached hydrogens (tertiary/aromatic N) is 1. The second-order valence-corrected chi connectivity index (χ2v) is 5.01. The van der Waals surface area contributed by atoms with Gasteiger partial charge in [-0.2, -0.15) is 8.42 Å². The molecule has 6 nitrogen and oxygen atoms in total. The Labute approximate surface area is 106 Å². The van der Waals surface area contributed by atoms with Crippen LogP contribution in [0.1, 0.15) is 17.0 Å². The summed E-state index contributed by atoms with van der Waals surface area (Å²) in [5.74, 6) is 0.985. The van der Waals surface area contributed by atoms with E-state index in [1.807, 2.05) is 6.92 Å². The molecule has 2 N–H and O–H groups in total. The van der Waals surface area contributed by atoms with Crippen molar-refractivity contribution in [3.8, 4) is 0 Å². The lowest BCUT2D eigenvalue weighted by molar-refractivity contribution is 0.324. The van der Waals surface area contributed by atoms with Crippen LogP contribution in [-0.4, -0.2) is 30.0 Å². The minimum absolute atomic E-state index is 0.870. The molecule has 0 spiro atoms. The Kier molecular flexibility index (Phi) is 4.44. The van der Waals surface area contributed by atoms with Crippen LogP contribution < -0.4 is 0 Å². The first-order valence-corrected chi connectivity index (χ1v) is 6.56. The summed E-state index contributed by atoms with van der Waals surface area (Å²) in [5, 5.41) is 0. The van der Waals surface area contributed by atoms with Crippen molar-refractivity contribution in [3.63, 3.8) is 0 Å². The van der Waals surface area contributed by atoms with Gasteiger partial charge in [0.15, 0.2) is 0 Å². The average molecular weight is 272 g/mol. The fourth-order valence-corrected chi connectivity index (χ4v) is 1.44. The molecule has 2 rings (SSSR count). The van der Waals surface area contributed by atoms with Gasteiger partial charge < -0.3 is 4.98 Å².